The smallest absolute Gasteiger partial charge is 0.314 e. The molecule has 2 aromatic rings. The molecule has 2 rings (SSSR count). The quantitative estimate of drug-likeness (QED) is 0.154. The summed E-state index contributed by atoms with van der Waals surface area (Å²) in [6, 6.07) is 17.6. The van der Waals surface area contributed by atoms with Crippen molar-refractivity contribution in [2.45, 2.75) is 52.0 Å². The van der Waals surface area contributed by atoms with Gasteiger partial charge in [0.15, 0.2) is 0 Å². The molecule has 39 heavy (non-hydrogen) atoms. The van der Waals surface area contributed by atoms with E-state index < -0.39 is 25.2 Å². The topological polar surface area (TPSA) is 137 Å². The molecule has 4 amide bonds. The minimum Gasteiger partial charge on any atom is -0.344 e. The zero-order valence-electron chi connectivity index (χ0n) is 23.2. The second kappa shape index (κ2) is 16.7. The predicted octanol–water partition coefficient (Wildman–Crippen LogP) is 4.38. The van der Waals surface area contributed by atoms with Crippen LogP contribution < -0.4 is 21.3 Å². The highest BCUT2D eigenvalue weighted by Crippen LogP contribution is 2.44. The lowest BCUT2D eigenvalue weighted by molar-refractivity contribution is -0.129. The normalized spacial score (nSPS) is 14.1. The summed E-state index contributed by atoms with van der Waals surface area (Å²) >= 11 is 0. The summed E-state index contributed by atoms with van der Waals surface area (Å²) in [5.74, 6) is -1.30. The second-order valence-corrected chi connectivity index (χ2v) is 12.7. The van der Waals surface area contributed by atoms with Crippen molar-refractivity contribution in [1.82, 2.24) is 16.0 Å². The molecular formula is C29H43N4O5P. The van der Waals surface area contributed by atoms with Crippen molar-refractivity contribution >= 4 is 30.9 Å². The van der Waals surface area contributed by atoms with Gasteiger partial charge in [-0.2, -0.15) is 0 Å². The number of benzene rings is 2. The number of nitrogens with one attached hydrogen (secondary N) is 4. The van der Waals surface area contributed by atoms with E-state index >= 15 is 0 Å². The van der Waals surface area contributed by atoms with Gasteiger partial charge >= 0.3 is 6.03 Å². The number of anilines is 1. The van der Waals surface area contributed by atoms with Crippen LogP contribution in [0.25, 0.3) is 0 Å². The molecule has 0 aromatic heterocycles. The van der Waals surface area contributed by atoms with Crippen molar-refractivity contribution in [3.05, 3.63) is 66.2 Å². The summed E-state index contributed by atoms with van der Waals surface area (Å²) in [6.45, 7) is 4.34. The molecule has 0 aliphatic heterocycles. The fourth-order valence-electron chi connectivity index (χ4n) is 4.24. The number of carbonyl (C=O) groups is 3. The standard InChI is InChI=1S/C29H43N4O5P/c1-22(2)20-26(28(35)32-25-14-8-5-9-15-25)33-27(34)24(17-16-23-12-6-4-7-13-23)21-39(37,38)19-11-10-18-31-29(36)30-3/h4-9,12-15,22,24,26H,10-11,16-21H2,1-3H3,(H,32,35)(H,33,34)(H,37,38)(H2,30,31,36)/t24-,26+/m1/s1. The first-order valence-corrected chi connectivity index (χ1v) is 15.6. The van der Waals surface area contributed by atoms with E-state index in [1.165, 1.54) is 7.05 Å². The molecule has 0 heterocycles. The van der Waals surface area contributed by atoms with Crippen LogP contribution in [0.2, 0.25) is 0 Å². The van der Waals surface area contributed by atoms with Crippen molar-refractivity contribution in [2.24, 2.45) is 11.8 Å². The van der Waals surface area contributed by atoms with E-state index in [-0.39, 0.29) is 30.2 Å². The summed E-state index contributed by atoms with van der Waals surface area (Å²) in [6.07, 6.45) is 2.28. The molecule has 0 aliphatic carbocycles. The molecule has 0 spiro atoms. The van der Waals surface area contributed by atoms with E-state index in [2.05, 4.69) is 21.3 Å². The average molecular weight is 559 g/mol. The first kappa shape index (κ1) is 32.1. The third-order valence-electron chi connectivity index (χ3n) is 6.33. The van der Waals surface area contributed by atoms with Crippen LogP contribution in [0.3, 0.4) is 0 Å². The molecule has 2 aromatic carbocycles. The van der Waals surface area contributed by atoms with Crippen LogP contribution in [0, 0.1) is 11.8 Å². The third-order valence-corrected chi connectivity index (χ3v) is 8.36. The predicted molar refractivity (Wildman–Crippen MR) is 156 cm³/mol. The highest BCUT2D eigenvalue weighted by molar-refractivity contribution is 7.58. The average Bonchev–Trinajstić information content (AvgIpc) is 2.91. The highest BCUT2D eigenvalue weighted by Gasteiger charge is 2.31. The van der Waals surface area contributed by atoms with E-state index in [1.807, 2.05) is 62.4 Å². The summed E-state index contributed by atoms with van der Waals surface area (Å²) in [5.41, 5.74) is 1.67. The summed E-state index contributed by atoms with van der Waals surface area (Å²) < 4.78 is 13.1. The van der Waals surface area contributed by atoms with Crippen LogP contribution in [0.4, 0.5) is 10.5 Å². The van der Waals surface area contributed by atoms with Gasteiger partial charge in [-0.1, -0.05) is 62.4 Å². The molecule has 3 atom stereocenters. The van der Waals surface area contributed by atoms with Gasteiger partial charge in [-0.25, -0.2) is 4.79 Å². The Labute approximate surface area is 232 Å². The lowest BCUT2D eigenvalue weighted by Crippen LogP contribution is -2.47. The van der Waals surface area contributed by atoms with Gasteiger partial charge in [0.1, 0.15) is 6.04 Å². The molecular weight excluding hydrogens is 515 g/mol. The number of urea groups is 1. The van der Waals surface area contributed by atoms with Crippen LogP contribution in [0.5, 0.6) is 0 Å². The zero-order valence-corrected chi connectivity index (χ0v) is 24.1. The van der Waals surface area contributed by atoms with Crippen molar-refractivity contribution in [3.63, 3.8) is 0 Å². The first-order chi connectivity index (χ1) is 18.6. The number of hydrogen-bond acceptors (Lipinski definition) is 4. The van der Waals surface area contributed by atoms with Gasteiger partial charge in [0.25, 0.3) is 0 Å². The molecule has 214 valence electrons. The largest absolute Gasteiger partial charge is 0.344 e. The Bertz CT molecular complexity index is 1080. The van der Waals surface area contributed by atoms with Gasteiger partial charge in [0, 0.05) is 37.5 Å². The van der Waals surface area contributed by atoms with Crippen molar-refractivity contribution < 1.29 is 23.8 Å². The third kappa shape index (κ3) is 13.0. The lowest BCUT2D eigenvalue weighted by atomic mass is 9.98. The van der Waals surface area contributed by atoms with Gasteiger partial charge in [-0.3, -0.25) is 14.2 Å². The molecule has 0 saturated heterocycles. The SMILES string of the molecule is CNC(=O)NCCCCP(=O)(O)C[C@@H](CCc1ccccc1)C(=O)N[C@@H](CC(C)C)C(=O)Nc1ccccc1. The van der Waals surface area contributed by atoms with Crippen LogP contribution in [0.1, 0.15) is 45.1 Å². The van der Waals surface area contributed by atoms with Crippen molar-refractivity contribution in [2.75, 3.05) is 31.2 Å². The number of aryl methyl sites for hydroxylation is 1. The maximum atomic E-state index is 13.5. The van der Waals surface area contributed by atoms with E-state index in [9.17, 15) is 23.8 Å². The molecule has 0 radical (unpaired) electrons. The Morgan fingerprint density at radius 1 is 0.923 bits per heavy atom. The molecule has 0 fully saturated rings. The van der Waals surface area contributed by atoms with Gasteiger partial charge in [-0.05, 0) is 55.7 Å². The van der Waals surface area contributed by atoms with Gasteiger partial charge < -0.3 is 26.2 Å². The Morgan fingerprint density at radius 3 is 2.18 bits per heavy atom. The molecule has 5 N–H and O–H groups in total. The number of unbranched alkanes of at least 4 members (excludes halogenated alkanes) is 1. The van der Waals surface area contributed by atoms with Gasteiger partial charge in [0.2, 0.25) is 19.2 Å². The van der Waals surface area contributed by atoms with Crippen LogP contribution in [-0.4, -0.2) is 54.7 Å². The Kier molecular flexibility index (Phi) is 13.7. The number of carbonyl (C=O) groups excluding carboxylic acids is 3. The number of hydrogen-bond donors (Lipinski definition) is 5. The van der Waals surface area contributed by atoms with Gasteiger partial charge in [-0.15, -0.1) is 0 Å². The molecule has 0 aliphatic rings. The van der Waals surface area contributed by atoms with E-state index in [4.69, 9.17) is 0 Å². The van der Waals surface area contributed by atoms with Crippen molar-refractivity contribution in [3.8, 4) is 0 Å². The number of amides is 4. The Morgan fingerprint density at radius 2 is 1.56 bits per heavy atom. The monoisotopic (exact) mass is 558 g/mol. The van der Waals surface area contributed by atoms with Gasteiger partial charge in [0.05, 0.1) is 0 Å². The van der Waals surface area contributed by atoms with Crippen molar-refractivity contribution in [1.29, 1.82) is 0 Å². The first-order valence-electron chi connectivity index (χ1n) is 13.6. The zero-order chi connectivity index (χ0) is 28.7. The van der Waals surface area contributed by atoms with Crippen LogP contribution >= 0.6 is 7.37 Å². The Hall–Kier alpha value is -3.16. The van der Waals surface area contributed by atoms with E-state index in [1.54, 1.807) is 12.1 Å². The minimum atomic E-state index is -3.63. The van der Waals surface area contributed by atoms with Crippen LogP contribution in [0.15, 0.2) is 60.7 Å². The molecule has 1 unspecified atom stereocenters. The number of para-hydroxylation sites is 1. The molecule has 0 bridgehead atoms. The molecule has 9 nitrogen and oxygen atoms in total. The minimum absolute atomic E-state index is 0.0570. The maximum absolute atomic E-state index is 13.5. The Balaban J connectivity index is 2.09. The fraction of sp³-hybridized carbons (Fsp3) is 0.483. The molecule has 0 saturated carbocycles. The highest BCUT2D eigenvalue weighted by atomic mass is 31.2. The summed E-state index contributed by atoms with van der Waals surface area (Å²) in [4.78, 5) is 48.6. The second-order valence-electron chi connectivity index (χ2n) is 10.2. The fourth-order valence-corrected chi connectivity index (χ4v) is 6.18. The molecule has 10 heteroatoms. The lowest BCUT2D eigenvalue weighted by Gasteiger charge is -2.25. The van der Waals surface area contributed by atoms with E-state index in [0.29, 0.717) is 44.3 Å². The summed E-state index contributed by atoms with van der Waals surface area (Å²) in [5, 5.41) is 10.9. The number of rotatable bonds is 16. The van der Waals surface area contributed by atoms with Crippen LogP contribution in [-0.2, 0) is 20.6 Å². The van der Waals surface area contributed by atoms with E-state index in [0.717, 1.165) is 5.56 Å². The maximum Gasteiger partial charge on any atom is 0.314 e. The summed E-state index contributed by atoms with van der Waals surface area (Å²) in [7, 11) is -2.11.